The monoisotopic (exact) mass is 358 g/mol. The largest absolute Gasteiger partial charge is 0.394 e. The molecule has 23 heavy (non-hydrogen) atoms. The fraction of sp³-hybridized carbons (Fsp3) is 0.667. The van der Waals surface area contributed by atoms with Crippen LogP contribution in [0.1, 0.15) is 23.3 Å². The van der Waals surface area contributed by atoms with Crippen molar-refractivity contribution in [2.75, 3.05) is 0 Å². The van der Waals surface area contributed by atoms with Gasteiger partial charge >= 0.3 is 13.3 Å². The van der Waals surface area contributed by atoms with E-state index in [0.717, 1.165) is 11.0 Å². The van der Waals surface area contributed by atoms with E-state index in [-0.39, 0.29) is 0 Å². The summed E-state index contributed by atoms with van der Waals surface area (Å²) in [7, 11) is -5.77. The van der Waals surface area contributed by atoms with Crippen molar-refractivity contribution in [3.05, 3.63) is 12.2 Å². The van der Waals surface area contributed by atoms with E-state index >= 15 is 0 Å². The molecule has 2 heterocycles. The SMILES string of the molecule is NC(=O)c1ncn(C2O[C@H](CC(F)(F)P(=O)(O)O)[C@@H](O)[C@H]2O)n1. The number of carbonyl (C=O) groups is 1. The minimum absolute atomic E-state index is 0.431. The van der Waals surface area contributed by atoms with Gasteiger partial charge in [-0.05, 0) is 0 Å². The fourth-order valence-electron chi connectivity index (χ4n) is 1.99. The molecule has 1 saturated heterocycles. The van der Waals surface area contributed by atoms with E-state index in [1.54, 1.807) is 0 Å². The van der Waals surface area contributed by atoms with Crippen LogP contribution < -0.4 is 5.73 Å². The third-order valence-corrected chi connectivity index (χ3v) is 4.23. The first kappa shape index (κ1) is 17.8. The zero-order valence-electron chi connectivity index (χ0n) is 11.2. The van der Waals surface area contributed by atoms with Crippen molar-refractivity contribution < 1.29 is 42.9 Å². The van der Waals surface area contributed by atoms with Gasteiger partial charge < -0.3 is 30.5 Å². The summed E-state index contributed by atoms with van der Waals surface area (Å²) in [5, 5.41) is 23.1. The molecule has 130 valence electrons. The fourth-order valence-corrected chi connectivity index (χ4v) is 2.41. The first-order chi connectivity index (χ1) is 10.4. The molecule has 6 N–H and O–H groups in total. The molecule has 1 aliphatic heterocycles. The highest BCUT2D eigenvalue weighted by atomic mass is 31.2. The van der Waals surface area contributed by atoms with Crippen molar-refractivity contribution in [1.29, 1.82) is 0 Å². The number of amides is 1. The van der Waals surface area contributed by atoms with Crippen LogP contribution in [0.15, 0.2) is 6.33 Å². The lowest BCUT2D eigenvalue weighted by molar-refractivity contribution is -0.0737. The van der Waals surface area contributed by atoms with E-state index in [1.165, 1.54) is 0 Å². The van der Waals surface area contributed by atoms with Crippen LogP contribution in [-0.2, 0) is 9.30 Å². The van der Waals surface area contributed by atoms with Gasteiger partial charge in [-0.1, -0.05) is 0 Å². The molecule has 4 atom stereocenters. The molecule has 0 radical (unpaired) electrons. The van der Waals surface area contributed by atoms with Gasteiger partial charge in [0, 0.05) is 0 Å². The Morgan fingerprint density at radius 3 is 2.52 bits per heavy atom. The third-order valence-electron chi connectivity index (χ3n) is 3.20. The second-order valence-corrected chi connectivity index (χ2v) is 6.62. The molecule has 1 aromatic heterocycles. The minimum atomic E-state index is -5.77. The maximum Gasteiger partial charge on any atom is 0.394 e. The lowest BCUT2D eigenvalue weighted by atomic mass is 10.1. The van der Waals surface area contributed by atoms with Gasteiger partial charge in [-0.2, -0.15) is 8.78 Å². The number of halogens is 2. The number of nitrogens with two attached hydrogens (primary N) is 1. The Balaban J connectivity index is 2.18. The van der Waals surface area contributed by atoms with Crippen molar-refractivity contribution >= 4 is 13.5 Å². The number of ether oxygens (including phenoxy) is 1. The summed E-state index contributed by atoms with van der Waals surface area (Å²) in [6, 6.07) is 0. The van der Waals surface area contributed by atoms with Crippen LogP contribution in [0.25, 0.3) is 0 Å². The number of primary amides is 1. The molecular formula is C9H13F2N4O7P. The summed E-state index contributed by atoms with van der Waals surface area (Å²) in [5.74, 6) is -1.42. The van der Waals surface area contributed by atoms with E-state index < -0.39 is 56.0 Å². The Bertz CT molecular complexity index is 650. The number of carbonyl (C=O) groups excluding carboxylic acids is 1. The quantitative estimate of drug-likeness (QED) is 0.378. The number of aliphatic hydroxyl groups excluding tert-OH is 2. The van der Waals surface area contributed by atoms with Crippen LogP contribution in [0.5, 0.6) is 0 Å². The molecule has 0 aliphatic carbocycles. The summed E-state index contributed by atoms with van der Waals surface area (Å²) in [6.07, 6.45) is -7.47. The van der Waals surface area contributed by atoms with Crippen molar-refractivity contribution in [2.24, 2.45) is 5.73 Å². The Kier molecular flexibility index (Phi) is 4.54. The molecule has 2 rings (SSSR count). The standard InChI is InChI=1S/C9H13F2N4O7P/c10-9(11,23(19,20)21)1-3-4(16)5(17)8(22-3)15-2-13-7(14-15)6(12)18/h2-5,8,16-17H,1H2,(H2,12,18)(H2,19,20,21)/t3-,4-,5-,8?/m1/s1. The molecule has 1 aromatic rings. The molecule has 0 bridgehead atoms. The molecule has 14 heteroatoms. The molecule has 1 unspecified atom stereocenters. The number of aromatic nitrogens is 3. The number of hydrogen-bond acceptors (Lipinski definition) is 7. The van der Waals surface area contributed by atoms with Crippen molar-refractivity contribution in [1.82, 2.24) is 14.8 Å². The highest BCUT2D eigenvalue weighted by Crippen LogP contribution is 2.56. The molecular weight excluding hydrogens is 345 g/mol. The number of hydrogen-bond donors (Lipinski definition) is 5. The van der Waals surface area contributed by atoms with Gasteiger partial charge in [0.15, 0.2) is 6.23 Å². The minimum Gasteiger partial charge on any atom is -0.388 e. The number of alkyl halides is 2. The molecule has 0 saturated carbocycles. The number of nitrogens with zero attached hydrogens (tertiary/aromatic N) is 3. The van der Waals surface area contributed by atoms with Crippen LogP contribution >= 0.6 is 7.60 Å². The summed E-state index contributed by atoms with van der Waals surface area (Å²) >= 11 is 0. The Morgan fingerprint density at radius 2 is 2.04 bits per heavy atom. The third kappa shape index (κ3) is 3.39. The lowest BCUT2D eigenvalue weighted by Crippen LogP contribution is -2.35. The summed E-state index contributed by atoms with van der Waals surface area (Å²) < 4.78 is 43.3. The highest BCUT2D eigenvalue weighted by Gasteiger charge is 2.55. The zero-order valence-corrected chi connectivity index (χ0v) is 12.1. The number of rotatable bonds is 5. The van der Waals surface area contributed by atoms with Gasteiger partial charge in [-0.15, -0.1) is 5.10 Å². The van der Waals surface area contributed by atoms with Crippen LogP contribution in [0.4, 0.5) is 8.78 Å². The van der Waals surface area contributed by atoms with Crippen molar-refractivity contribution in [2.45, 2.75) is 36.6 Å². The average Bonchev–Trinajstić information content (AvgIpc) is 2.98. The Hall–Kier alpha value is -1.50. The van der Waals surface area contributed by atoms with E-state index in [2.05, 4.69) is 10.1 Å². The van der Waals surface area contributed by atoms with E-state index in [4.69, 9.17) is 20.3 Å². The zero-order chi connectivity index (χ0) is 17.6. The average molecular weight is 358 g/mol. The maximum absolute atomic E-state index is 13.4. The van der Waals surface area contributed by atoms with Gasteiger partial charge in [0.1, 0.15) is 18.5 Å². The normalized spacial score (nSPS) is 29.0. The van der Waals surface area contributed by atoms with Crippen LogP contribution in [0.2, 0.25) is 0 Å². The predicted octanol–water partition coefficient (Wildman–Crippen LogP) is -1.84. The Morgan fingerprint density at radius 1 is 1.43 bits per heavy atom. The summed E-state index contributed by atoms with van der Waals surface area (Å²) in [6.45, 7) is 0. The second-order valence-electron chi connectivity index (χ2n) is 4.87. The van der Waals surface area contributed by atoms with Gasteiger partial charge in [-0.25, -0.2) is 9.67 Å². The van der Waals surface area contributed by atoms with Crippen molar-refractivity contribution in [3.63, 3.8) is 0 Å². The second kappa shape index (κ2) is 5.85. The molecule has 1 aliphatic rings. The molecule has 1 fully saturated rings. The molecule has 0 spiro atoms. The molecule has 0 aromatic carbocycles. The van der Waals surface area contributed by atoms with Gasteiger partial charge in [0.05, 0.1) is 12.5 Å². The predicted molar refractivity (Wildman–Crippen MR) is 66.1 cm³/mol. The lowest BCUT2D eigenvalue weighted by Gasteiger charge is -2.22. The van der Waals surface area contributed by atoms with Crippen LogP contribution in [0.3, 0.4) is 0 Å². The first-order valence-electron chi connectivity index (χ1n) is 6.10. The molecule has 1 amide bonds. The summed E-state index contributed by atoms with van der Waals surface area (Å²) in [4.78, 5) is 31.5. The van der Waals surface area contributed by atoms with E-state index in [0.29, 0.717) is 0 Å². The maximum atomic E-state index is 13.4. The van der Waals surface area contributed by atoms with Gasteiger partial charge in [-0.3, -0.25) is 9.36 Å². The highest BCUT2D eigenvalue weighted by molar-refractivity contribution is 7.53. The summed E-state index contributed by atoms with van der Waals surface area (Å²) in [5.41, 5.74) is 0.480. The topological polar surface area (TPSA) is 181 Å². The van der Waals surface area contributed by atoms with Gasteiger partial charge in [0.25, 0.3) is 5.91 Å². The van der Waals surface area contributed by atoms with Crippen LogP contribution in [0, 0.1) is 0 Å². The van der Waals surface area contributed by atoms with Gasteiger partial charge in [0.2, 0.25) is 5.82 Å². The van der Waals surface area contributed by atoms with E-state index in [1.807, 2.05) is 0 Å². The smallest absolute Gasteiger partial charge is 0.388 e. The first-order valence-corrected chi connectivity index (χ1v) is 7.71. The number of aliphatic hydroxyl groups is 2. The molecule has 11 nitrogen and oxygen atoms in total. The Labute approximate surface area is 126 Å². The van der Waals surface area contributed by atoms with E-state index in [9.17, 15) is 28.4 Å². The van der Waals surface area contributed by atoms with Crippen LogP contribution in [-0.4, -0.2) is 64.6 Å². The van der Waals surface area contributed by atoms with Crippen molar-refractivity contribution in [3.8, 4) is 0 Å².